The number of carbonyl (C=O) groups excluding carboxylic acids is 2. The highest BCUT2D eigenvalue weighted by molar-refractivity contribution is 6.05. The molecule has 0 aromatic heterocycles. The van der Waals surface area contributed by atoms with E-state index in [1.54, 1.807) is 11.8 Å². The fourth-order valence-corrected chi connectivity index (χ4v) is 3.85. The van der Waals surface area contributed by atoms with Crippen LogP contribution in [-0.2, 0) is 9.59 Å². The van der Waals surface area contributed by atoms with Gasteiger partial charge in [-0.05, 0) is 37.5 Å². The maximum Gasteiger partial charge on any atom is 0.230 e. The highest BCUT2D eigenvalue weighted by atomic mass is 16.2. The molecule has 2 amide bonds. The summed E-state index contributed by atoms with van der Waals surface area (Å²) in [4.78, 5) is 28.8. The zero-order valence-electron chi connectivity index (χ0n) is 16.9. The molecule has 1 fully saturated rings. The summed E-state index contributed by atoms with van der Waals surface area (Å²) in [5, 5.41) is 3.45. The maximum atomic E-state index is 12.9. The van der Waals surface area contributed by atoms with Crippen LogP contribution in [-0.4, -0.2) is 43.5 Å². The van der Waals surface area contributed by atoms with Gasteiger partial charge in [0.2, 0.25) is 11.8 Å². The van der Waals surface area contributed by atoms with Crippen molar-refractivity contribution >= 4 is 23.2 Å². The number of hydrogen-bond acceptors (Lipinski definition) is 4. The second-order valence-electron chi connectivity index (χ2n) is 8.20. The van der Waals surface area contributed by atoms with Crippen molar-refractivity contribution in [2.45, 2.75) is 58.5 Å². The summed E-state index contributed by atoms with van der Waals surface area (Å²) in [5.74, 6) is 0.506. The quantitative estimate of drug-likeness (QED) is 0.803. The molecule has 3 N–H and O–H groups in total. The van der Waals surface area contributed by atoms with Crippen LogP contribution in [0.1, 0.15) is 52.0 Å². The lowest BCUT2D eigenvalue weighted by atomic mass is 9.95. The molecule has 148 valence electrons. The Morgan fingerprint density at radius 3 is 2.52 bits per heavy atom. The Bertz CT molecular complexity index is 714. The van der Waals surface area contributed by atoms with Crippen molar-refractivity contribution in [2.75, 3.05) is 29.4 Å². The number of rotatable bonds is 6. The smallest absolute Gasteiger partial charge is 0.230 e. The highest BCUT2D eigenvalue weighted by Gasteiger charge is 2.39. The molecule has 0 bridgehead atoms. The average Bonchev–Trinajstić information content (AvgIpc) is 3.45. The van der Waals surface area contributed by atoms with E-state index in [0.717, 1.165) is 36.3 Å². The number of amides is 2. The Hall–Kier alpha value is -1.92. The van der Waals surface area contributed by atoms with Gasteiger partial charge >= 0.3 is 0 Å². The van der Waals surface area contributed by atoms with Crippen LogP contribution >= 0.6 is 0 Å². The first-order valence-electron chi connectivity index (χ1n) is 10.0. The Morgan fingerprint density at radius 2 is 1.96 bits per heavy atom. The summed E-state index contributed by atoms with van der Waals surface area (Å²) in [5.41, 5.74) is 8.81. The molecular weight excluding hydrogens is 340 g/mol. The molecule has 2 aliphatic rings. The van der Waals surface area contributed by atoms with Gasteiger partial charge in [-0.3, -0.25) is 9.59 Å². The molecule has 6 nitrogen and oxygen atoms in total. The molecule has 6 heteroatoms. The van der Waals surface area contributed by atoms with Crippen LogP contribution < -0.4 is 20.9 Å². The summed E-state index contributed by atoms with van der Waals surface area (Å²) < 4.78 is 0. The van der Waals surface area contributed by atoms with Crippen molar-refractivity contribution < 1.29 is 9.59 Å². The van der Waals surface area contributed by atoms with E-state index >= 15 is 0 Å². The van der Waals surface area contributed by atoms with Gasteiger partial charge in [-0.25, -0.2) is 0 Å². The van der Waals surface area contributed by atoms with Crippen LogP contribution in [0.25, 0.3) is 0 Å². The van der Waals surface area contributed by atoms with E-state index in [9.17, 15) is 9.59 Å². The van der Waals surface area contributed by atoms with Crippen LogP contribution in [0.2, 0.25) is 0 Å². The second kappa shape index (κ2) is 7.98. The molecule has 1 aromatic rings. The molecule has 1 heterocycles. The number of nitrogens with zero attached hydrogens (tertiary/aromatic N) is 2. The minimum absolute atomic E-state index is 0.00636. The number of fused-ring (bicyclic) bond motifs is 1. The fourth-order valence-electron chi connectivity index (χ4n) is 3.85. The summed E-state index contributed by atoms with van der Waals surface area (Å²) in [6, 6.07) is 6.45. The minimum atomic E-state index is -0.0311. The van der Waals surface area contributed by atoms with Crippen LogP contribution in [0.3, 0.4) is 0 Å². The zero-order chi connectivity index (χ0) is 19.7. The molecule has 2 atom stereocenters. The third kappa shape index (κ3) is 4.17. The standard InChI is InChI=1S/C21H32N4O2/c1-13(2)23-11-18(10-22)17-7-8-19-20(9-17)24(21(27)16-5-6-16)12-14(3)25(19)15(4)26/h7-9,13-14,16,18,23H,5-6,10-12,22H2,1-4H3/t14-,18?/m0/s1. The van der Waals surface area contributed by atoms with Gasteiger partial charge in [0.1, 0.15) is 0 Å². The molecule has 1 saturated carbocycles. The van der Waals surface area contributed by atoms with Crippen molar-refractivity contribution in [2.24, 2.45) is 11.7 Å². The van der Waals surface area contributed by atoms with Crippen molar-refractivity contribution in [1.29, 1.82) is 0 Å². The van der Waals surface area contributed by atoms with Gasteiger partial charge in [0, 0.05) is 44.4 Å². The largest absolute Gasteiger partial charge is 0.330 e. The number of nitrogens with two attached hydrogens (primary N) is 1. The summed E-state index contributed by atoms with van der Waals surface area (Å²) in [6.07, 6.45) is 1.94. The van der Waals surface area contributed by atoms with Crippen molar-refractivity contribution in [3.8, 4) is 0 Å². The number of carbonyl (C=O) groups is 2. The van der Waals surface area contributed by atoms with Gasteiger partial charge in [-0.1, -0.05) is 19.9 Å². The van der Waals surface area contributed by atoms with Gasteiger partial charge in [0.05, 0.1) is 17.4 Å². The third-order valence-corrected chi connectivity index (χ3v) is 5.50. The van der Waals surface area contributed by atoms with E-state index < -0.39 is 0 Å². The SMILES string of the molecule is CC(=O)N1c2ccc(C(CN)CNC(C)C)cc2N(C(=O)C2CC2)C[C@@H]1C. The first kappa shape index (κ1) is 19.8. The first-order valence-corrected chi connectivity index (χ1v) is 10.0. The molecule has 27 heavy (non-hydrogen) atoms. The highest BCUT2D eigenvalue weighted by Crippen LogP contribution is 2.41. The molecule has 0 saturated heterocycles. The van der Waals surface area contributed by atoms with Gasteiger partial charge in [-0.15, -0.1) is 0 Å². The number of anilines is 2. The van der Waals surface area contributed by atoms with E-state index in [2.05, 4.69) is 25.2 Å². The molecule has 1 aliphatic carbocycles. The monoisotopic (exact) mass is 372 g/mol. The topological polar surface area (TPSA) is 78.7 Å². The van der Waals surface area contributed by atoms with Crippen LogP contribution in [0.15, 0.2) is 18.2 Å². The van der Waals surface area contributed by atoms with Crippen molar-refractivity contribution in [3.63, 3.8) is 0 Å². The van der Waals surface area contributed by atoms with Gasteiger partial charge in [0.25, 0.3) is 0 Å². The van der Waals surface area contributed by atoms with E-state index in [-0.39, 0.29) is 29.7 Å². The molecule has 1 aromatic carbocycles. The first-order chi connectivity index (χ1) is 12.8. The minimum Gasteiger partial charge on any atom is -0.330 e. The summed E-state index contributed by atoms with van der Waals surface area (Å²) in [7, 11) is 0. The molecule has 1 unspecified atom stereocenters. The third-order valence-electron chi connectivity index (χ3n) is 5.50. The number of nitrogens with one attached hydrogen (secondary N) is 1. The van der Waals surface area contributed by atoms with Gasteiger partial charge in [-0.2, -0.15) is 0 Å². The lowest BCUT2D eigenvalue weighted by Gasteiger charge is -2.41. The lowest BCUT2D eigenvalue weighted by molar-refractivity contribution is -0.120. The number of benzene rings is 1. The second-order valence-corrected chi connectivity index (χ2v) is 8.20. The molecular formula is C21H32N4O2. The van der Waals surface area contributed by atoms with Crippen LogP contribution in [0, 0.1) is 5.92 Å². The summed E-state index contributed by atoms with van der Waals surface area (Å²) >= 11 is 0. The van der Waals surface area contributed by atoms with Gasteiger partial charge < -0.3 is 20.9 Å². The molecule has 1 aliphatic heterocycles. The normalized spacial score (nSPS) is 20.6. The molecule has 0 spiro atoms. The maximum absolute atomic E-state index is 12.9. The van der Waals surface area contributed by atoms with Crippen molar-refractivity contribution in [3.05, 3.63) is 23.8 Å². The Balaban J connectivity index is 1.98. The average molecular weight is 373 g/mol. The van der Waals surface area contributed by atoms with E-state index in [1.807, 2.05) is 24.0 Å². The lowest BCUT2D eigenvalue weighted by Crippen LogP contribution is -2.51. The predicted octanol–water partition coefficient (Wildman–Crippen LogP) is 2.22. The predicted molar refractivity (Wildman–Crippen MR) is 109 cm³/mol. The zero-order valence-corrected chi connectivity index (χ0v) is 16.9. The van der Waals surface area contributed by atoms with E-state index in [0.29, 0.717) is 19.1 Å². The Labute approximate surface area is 162 Å². The van der Waals surface area contributed by atoms with Crippen LogP contribution in [0.4, 0.5) is 11.4 Å². The molecule has 0 radical (unpaired) electrons. The van der Waals surface area contributed by atoms with Crippen molar-refractivity contribution in [1.82, 2.24) is 5.32 Å². The summed E-state index contributed by atoms with van der Waals surface area (Å²) in [6.45, 7) is 9.68. The Morgan fingerprint density at radius 1 is 1.26 bits per heavy atom. The van der Waals surface area contributed by atoms with E-state index in [4.69, 9.17) is 5.73 Å². The number of hydrogen-bond donors (Lipinski definition) is 2. The van der Waals surface area contributed by atoms with Gasteiger partial charge in [0.15, 0.2) is 0 Å². The Kier molecular flexibility index (Phi) is 5.86. The fraction of sp³-hybridized carbons (Fsp3) is 0.619. The molecule has 3 rings (SSSR count). The van der Waals surface area contributed by atoms with Crippen LogP contribution in [0.5, 0.6) is 0 Å². The van der Waals surface area contributed by atoms with E-state index in [1.165, 1.54) is 0 Å².